The predicted octanol–water partition coefficient (Wildman–Crippen LogP) is 2.53. The summed E-state index contributed by atoms with van der Waals surface area (Å²) in [4.78, 5) is 0.173. The zero-order valence-corrected chi connectivity index (χ0v) is 14.7. The van der Waals surface area contributed by atoms with Crippen LogP contribution in [0.5, 0.6) is 11.5 Å². The van der Waals surface area contributed by atoms with E-state index in [4.69, 9.17) is 14.0 Å². The molecular formula is C16H20N2O5S. The second-order valence-electron chi connectivity index (χ2n) is 5.65. The Balaban J connectivity index is 1.97. The van der Waals surface area contributed by atoms with Crippen molar-refractivity contribution >= 4 is 10.0 Å². The van der Waals surface area contributed by atoms with Crippen LogP contribution < -0.4 is 9.47 Å². The van der Waals surface area contributed by atoms with Crippen LogP contribution in [0.1, 0.15) is 30.3 Å². The van der Waals surface area contributed by atoms with Crippen molar-refractivity contribution < 1.29 is 22.4 Å². The molecule has 0 bridgehead atoms. The Morgan fingerprint density at radius 1 is 1.21 bits per heavy atom. The molecule has 0 saturated carbocycles. The molecule has 2 aromatic rings. The first-order valence-electron chi connectivity index (χ1n) is 7.64. The molecule has 8 heteroatoms. The molecule has 1 aromatic heterocycles. The normalized spacial score (nSPS) is 18.7. The third-order valence-electron chi connectivity index (χ3n) is 4.15. The molecule has 1 aliphatic rings. The smallest absolute Gasteiger partial charge is 0.243 e. The lowest BCUT2D eigenvalue weighted by atomic mass is 10.1. The lowest BCUT2D eigenvalue weighted by Gasteiger charge is -2.22. The van der Waals surface area contributed by atoms with Gasteiger partial charge in [-0.25, -0.2) is 8.42 Å². The highest BCUT2D eigenvalue weighted by molar-refractivity contribution is 7.89. The maximum atomic E-state index is 13.1. The van der Waals surface area contributed by atoms with Crippen molar-refractivity contribution in [1.29, 1.82) is 0 Å². The summed E-state index contributed by atoms with van der Waals surface area (Å²) in [5, 5.41) is 3.99. The summed E-state index contributed by atoms with van der Waals surface area (Å²) in [6, 6.07) is 6.09. The SMILES string of the molecule is COc1ccc(S(=O)(=O)N2CCC[C@@H]2c2cc(C)on2)cc1OC. The van der Waals surface area contributed by atoms with Gasteiger partial charge >= 0.3 is 0 Å². The number of benzene rings is 1. The van der Waals surface area contributed by atoms with Crippen molar-refractivity contribution in [3.05, 3.63) is 35.7 Å². The molecule has 0 radical (unpaired) electrons. The Morgan fingerprint density at radius 2 is 1.96 bits per heavy atom. The molecule has 0 amide bonds. The highest BCUT2D eigenvalue weighted by Gasteiger charge is 2.38. The second-order valence-corrected chi connectivity index (χ2v) is 7.54. The van der Waals surface area contributed by atoms with Crippen molar-refractivity contribution in [3.8, 4) is 11.5 Å². The molecule has 1 atom stereocenters. The first-order valence-corrected chi connectivity index (χ1v) is 9.08. The molecule has 1 aromatic carbocycles. The number of aryl methyl sites for hydroxylation is 1. The fourth-order valence-corrected chi connectivity index (χ4v) is 4.66. The third-order valence-corrected chi connectivity index (χ3v) is 6.06. The summed E-state index contributed by atoms with van der Waals surface area (Å²) < 4.78 is 43.1. The molecule has 1 aliphatic heterocycles. The summed E-state index contributed by atoms with van der Waals surface area (Å²) in [6.45, 7) is 2.24. The van der Waals surface area contributed by atoms with E-state index in [-0.39, 0.29) is 10.9 Å². The third kappa shape index (κ3) is 2.87. The second kappa shape index (κ2) is 6.45. The monoisotopic (exact) mass is 352 g/mol. The van der Waals surface area contributed by atoms with Gasteiger partial charge in [0.25, 0.3) is 0 Å². The Kier molecular flexibility index (Phi) is 4.51. The van der Waals surface area contributed by atoms with Gasteiger partial charge in [0.15, 0.2) is 11.5 Å². The van der Waals surface area contributed by atoms with Gasteiger partial charge in [0, 0.05) is 18.7 Å². The number of aromatic nitrogens is 1. The predicted molar refractivity (Wildman–Crippen MR) is 86.7 cm³/mol. The van der Waals surface area contributed by atoms with Crippen molar-refractivity contribution in [2.75, 3.05) is 20.8 Å². The Bertz CT molecular complexity index is 831. The van der Waals surface area contributed by atoms with E-state index in [0.717, 1.165) is 12.8 Å². The van der Waals surface area contributed by atoms with Gasteiger partial charge in [0.05, 0.1) is 25.2 Å². The number of hydrogen-bond acceptors (Lipinski definition) is 6. The van der Waals surface area contributed by atoms with E-state index in [2.05, 4.69) is 5.16 Å². The quantitative estimate of drug-likeness (QED) is 0.822. The average molecular weight is 352 g/mol. The van der Waals surface area contributed by atoms with Gasteiger partial charge in [-0.2, -0.15) is 4.31 Å². The summed E-state index contributed by atoms with van der Waals surface area (Å²) in [5.41, 5.74) is 0.647. The van der Waals surface area contributed by atoms with Crippen LogP contribution in [0.3, 0.4) is 0 Å². The fourth-order valence-electron chi connectivity index (χ4n) is 2.98. The van der Waals surface area contributed by atoms with Gasteiger partial charge in [0.2, 0.25) is 10.0 Å². The van der Waals surface area contributed by atoms with E-state index in [9.17, 15) is 8.42 Å². The number of methoxy groups -OCH3 is 2. The minimum atomic E-state index is -3.67. The van der Waals surface area contributed by atoms with Gasteiger partial charge in [-0.3, -0.25) is 0 Å². The molecule has 1 saturated heterocycles. The van der Waals surface area contributed by atoms with E-state index in [1.807, 2.05) is 0 Å². The highest BCUT2D eigenvalue weighted by Crippen LogP contribution is 2.38. The molecule has 2 heterocycles. The number of nitrogens with zero attached hydrogens (tertiary/aromatic N) is 2. The zero-order valence-electron chi connectivity index (χ0n) is 13.9. The average Bonchev–Trinajstić information content (AvgIpc) is 3.22. The number of rotatable bonds is 5. The maximum Gasteiger partial charge on any atom is 0.243 e. The summed E-state index contributed by atoms with van der Waals surface area (Å²) in [6.07, 6.45) is 1.50. The van der Waals surface area contributed by atoms with Crippen LogP contribution in [0.4, 0.5) is 0 Å². The number of hydrogen-bond donors (Lipinski definition) is 0. The first-order chi connectivity index (χ1) is 11.5. The molecule has 1 fully saturated rings. The van der Waals surface area contributed by atoms with Crippen LogP contribution in [0, 0.1) is 6.92 Å². The molecule has 0 unspecified atom stereocenters. The summed E-state index contributed by atoms with van der Waals surface area (Å²) in [5.74, 6) is 1.54. The molecule has 130 valence electrons. The van der Waals surface area contributed by atoms with Crippen LogP contribution in [0.2, 0.25) is 0 Å². The molecule has 7 nitrogen and oxygen atoms in total. The van der Waals surface area contributed by atoms with E-state index >= 15 is 0 Å². The van der Waals surface area contributed by atoms with Crippen LogP contribution in [-0.4, -0.2) is 38.6 Å². The van der Waals surface area contributed by atoms with E-state index in [0.29, 0.717) is 29.5 Å². The Hall–Kier alpha value is -2.06. The lowest BCUT2D eigenvalue weighted by Crippen LogP contribution is -2.30. The molecule has 24 heavy (non-hydrogen) atoms. The molecule has 0 aliphatic carbocycles. The lowest BCUT2D eigenvalue weighted by molar-refractivity contribution is 0.347. The van der Waals surface area contributed by atoms with Crippen LogP contribution >= 0.6 is 0 Å². The largest absolute Gasteiger partial charge is 0.493 e. The van der Waals surface area contributed by atoms with E-state index in [1.54, 1.807) is 19.1 Å². The molecule has 3 rings (SSSR count). The number of ether oxygens (including phenoxy) is 2. The Morgan fingerprint density at radius 3 is 2.58 bits per heavy atom. The molecule has 0 spiro atoms. The fraction of sp³-hybridized carbons (Fsp3) is 0.438. The van der Waals surface area contributed by atoms with E-state index < -0.39 is 10.0 Å². The molecule has 0 N–H and O–H groups in total. The highest BCUT2D eigenvalue weighted by atomic mass is 32.2. The summed E-state index contributed by atoms with van der Waals surface area (Å²) in [7, 11) is -0.682. The van der Waals surface area contributed by atoms with Crippen LogP contribution in [0.25, 0.3) is 0 Å². The van der Waals surface area contributed by atoms with Gasteiger partial charge in [0.1, 0.15) is 11.5 Å². The first kappa shape index (κ1) is 16.8. The van der Waals surface area contributed by atoms with Gasteiger partial charge in [-0.1, -0.05) is 5.16 Å². The summed E-state index contributed by atoms with van der Waals surface area (Å²) >= 11 is 0. The maximum absolute atomic E-state index is 13.1. The van der Waals surface area contributed by atoms with Gasteiger partial charge in [-0.15, -0.1) is 0 Å². The standard InChI is InChI=1S/C16H20N2O5S/c1-11-9-13(17-23-11)14-5-4-8-18(14)24(19,20)12-6-7-15(21-2)16(10-12)22-3/h6-7,9-10,14H,4-5,8H2,1-3H3/t14-/m1/s1. The van der Waals surface area contributed by atoms with E-state index in [1.165, 1.54) is 30.7 Å². The molecular weight excluding hydrogens is 332 g/mol. The topological polar surface area (TPSA) is 81.9 Å². The minimum Gasteiger partial charge on any atom is -0.493 e. The van der Waals surface area contributed by atoms with Crippen LogP contribution in [0.15, 0.2) is 33.7 Å². The minimum absolute atomic E-state index is 0.173. The van der Waals surface area contributed by atoms with Crippen molar-refractivity contribution in [1.82, 2.24) is 9.46 Å². The number of sulfonamides is 1. The van der Waals surface area contributed by atoms with Crippen molar-refractivity contribution in [2.24, 2.45) is 0 Å². The van der Waals surface area contributed by atoms with Crippen LogP contribution in [-0.2, 0) is 10.0 Å². The van der Waals surface area contributed by atoms with Crippen molar-refractivity contribution in [3.63, 3.8) is 0 Å². The Labute approximate surface area is 141 Å². The van der Waals surface area contributed by atoms with Gasteiger partial charge < -0.3 is 14.0 Å². The zero-order chi connectivity index (χ0) is 17.3. The van der Waals surface area contributed by atoms with Gasteiger partial charge in [-0.05, 0) is 31.9 Å². The van der Waals surface area contributed by atoms with Crippen molar-refractivity contribution in [2.45, 2.75) is 30.7 Å².